The molecule has 5 heteroatoms. The number of hydrogen-bond donors (Lipinski definition) is 0. The Morgan fingerprint density at radius 1 is 1.15 bits per heavy atom. The van der Waals surface area contributed by atoms with Gasteiger partial charge in [0.25, 0.3) is 0 Å². The molecule has 0 N–H and O–H groups in total. The zero-order valence-electron chi connectivity index (χ0n) is 11.5. The normalized spacial score (nSPS) is 11.6. The van der Waals surface area contributed by atoms with Crippen LogP contribution in [0.3, 0.4) is 0 Å². The monoisotopic (exact) mass is 288 g/mol. The maximum Gasteiger partial charge on any atom is 0.248 e. The maximum atomic E-state index is 12.2. The summed E-state index contributed by atoms with van der Waals surface area (Å²) in [6, 6.07) is 9.64. The predicted molar refractivity (Wildman–Crippen MR) is 79.5 cm³/mol. The number of rotatable bonds is 3. The average molecular weight is 288 g/mol. The number of carbonyl (C=O) groups excluding carboxylic acids is 2. The Balaban J connectivity index is 2.63. The molecule has 1 heterocycles. The zero-order chi connectivity index (χ0) is 14.5. The third kappa shape index (κ3) is 2.93. The number of hydrogen-bond acceptors (Lipinski definition) is 3. The Hall–Kier alpha value is -2.01. The highest BCUT2D eigenvalue weighted by Gasteiger charge is 2.13. The lowest BCUT2D eigenvalue weighted by atomic mass is 10.2. The molecule has 20 heavy (non-hydrogen) atoms. The minimum atomic E-state index is -0.218. The van der Waals surface area contributed by atoms with Gasteiger partial charge in [0.2, 0.25) is 11.8 Å². The molecule has 0 saturated carbocycles. The van der Waals surface area contributed by atoms with Crippen LogP contribution in [-0.4, -0.2) is 16.4 Å². The van der Waals surface area contributed by atoms with Gasteiger partial charge in [-0.15, -0.1) is 11.3 Å². The zero-order valence-corrected chi connectivity index (χ0v) is 12.3. The van der Waals surface area contributed by atoms with Crippen molar-refractivity contribution in [3.05, 3.63) is 40.5 Å². The Morgan fingerprint density at radius 2 is 1.85 bits per heavy atom. The van der Waals surface area contributed by atoms with E-state index in [-0.39, 0.29) is 11.8 Å². The summed E-state index contributed by atoms with van der Waals surface area (Å²) in [7, 11) is 0. The van der Waals surface area contributed by atoms with Gasteiger partial charge in [0.15, 0.2) is 4.80 Å². The van der Waals surface area contributed by atoms with Crippen LogP contribution in [0.1, 0.15) is 31.5 Å². The minimum Gasteiger partial charge on any atom is -0.274 e. The molecule has 0 spiro atoms. The highest BCUT2D eigenvalue weighted by molar-refractivity contribution is 7.07. The van der Waals surface area contributed by atoms with E-state index in [1.54, 1.807) is 13.8 Å². The van der Waals surface area contributed by atoms with E-state index in [2.05, 4.69) is 4.99 Å². The van der Waals surface area contributed by atoms with Crippen molar-refractivity contribution >= 4 is 23.2 Å². The summed E-state index contributed by atoms with van der Waals surface area (Å²) >= 11 is 1.31. The van der Waals surface area contributed by atoms with Crippen molar-refractivity contribution in [1.82, 2.24) is 4.57 Å². The number of thiazole rings is 1. The average Bonchev–Trinajstić information content (AvgIpc) is 2.90. The lowest BCUT2D eigenvalue weighted by molar-refractivity contribution is -0.117. The molecule has 0 aliphatic carbocycles. The molecular formula is C15H16N2O2S. The molecule has 0 aliphatic rings. The summed E-state index contributed by atoms with van der Waals surface area (Å²) in [5.41, 5.74) is 1.72. The smallest absolute Gasteiger partial charge is 0.248 e. The molecule has 0 bridgehead atoms. The van der Waals surface area contributed by atoms with Crippen molar-refractivity contribution in [3.63, 3.8) is 0 Å². The largest absolute Gasteiger partial charge is 0.274 e. The minimum absolute atomic E-state index is 0.0623. The molecule has 104 valence electrons. The third-order valence-electron chi connectivity index (χ3n) is 2.85. The van der Waals surface area contributed by atoms with Crippen LogP contribution in [0.4, 0.5) is 0 Å². The first-order valence-corrected chi connectivity index (χ1v) is 7.42. The standard InChI is InChI=1S/C15H16N2O2S/c1-3-13(18)16-15-17(14(19)4-2)12(10-20-15)11-8-6-5-7-9-11/h5-10H,3-4H2,1-2H3. The lowest BCUT2D eigenvalue weighted by Gasteiger charge is -2.06. The first-order valence-electron chi connectivity index (χ1n) is 6.54. The van der Waals surface area contributed by atoms with Gasteiger partial charge in [0.1, 0.15) is 0 Å². The lowest BCUT2D eigenvalue weighted by Crippen LogP contribution is -2.24. The van der Waals surface area contributed by atoms with E-state index in [1.807, 2.05) is 35.7 Å². The molecule has 0 saturated heterocycles. The summed E-state index contributed by atoms with van der Waals surface area (Å²) < 4.78 is 1.54. The predicted octanol–water partition coefficient (Wildman–Crippen LogP) is 3.10. The molecule has 0 fully saturated rings. The van der Waals surface area contributed by atoms with Gasteiger partial charge in [0, 0.05) is 18.2 Å². The molecule has 0 aliphatic heterocycles. The van der Waals surface area contributed by atoms with E-state index in [0.717, 1.165) is 11.3 Å². The summed E-state index contributed by atoms with van der Waals surface area (Å²) in [4.78, 5) is 28.1. The quantitative estimate of drug-likeness (QED) is 0.871. The van der Waals surface area contributed by atoms with Crippen molar-refractivity contribution in [1.29, 1.82) is 0 Å². The van der Waals surface area contributed by atoms with Gasteiger partial charge in [-0.2, -0.15) is 4.99 Å². The van der Waals surface area contributed by atoms with Crippen LogP contribution in [0, 0.1) is 0 Å². The van der Waals surface area contributed by atoms with Crippen LogP contribution in [0.5, 0.6) is 0 Å². The fraction of sp³-hybridized carbons (Fsp3) is 0.267. The van der Waals surface area contributed by atoms with Crippen LogP contribution < -0.4 is 4.80 Å². The van der Waals surface area contributed by atoms with Gasteiger partial charge >= 0.3 is 0 Å². The van der Waals surface area contributed by atoms with Crippen LogP contribution in [-0.2, 0) is 4.79 Å². The number of carbonyl (C=O) groups is 2. The second-order valence-corrected chi connectivity index (χ2v) is 5.05. The molecule has 0 atom stereocenters. The maximum absolute atomic E-state index is 12.2. The van der Waals surface area contributed by atoms with Crippen molar-refractivity contribution in [2.24, 2.45) is 4.99 Å². The Kier molecular flexibility index (Phi) is 4.63. The molecule has 1 amide bonds. The SMILES string of the molecule is CCC(=O)N=c1scc(-c2ccccc2)n1C(=O)CC. The van der Waals surface area contributed by atoms with E-state index < -0.39 is 0 Å². The van der Waals surface area contributed by atoms with Gasteiger partial charge in [-0.3, -0.25) is 14.2 Å². The molecule has 2 aromatic rings. The van der Waals surface area contributed by atoms with E-state index in [9.17, 15) is 9.59 Å². The Morgan fingerprint density at radius 3 is 2.45 bits per heavy atom. The van der Waals surface area contributed by atoms with Gasteiger partial charge < -0.3 is 0 Å². The van der Waals surface area contributed by atoms with Crippen LogP contribution >= 0.6 is 11.3 Å². The van der Waals surface area contributed by atoms with Crippen LogP contribution in [0.15, 0.2) is 40.7 Å². The molecular weight excluding hydrogens is 272 g/mol. The van der Waals surface area contributed by atoms with E-state index >= 15 is 0 Å². The van der Waals surface area contributed by atoms with Crippen molar-refractivity contribution in [2.75, 3.05) is 0 Å². The van der Waals surface area contributed by atoms with Gasteiger partial charge in [-0.1, -0.05) is 44.2 Å². The first kappa shape index (κ1) is 14.4. The molecule has 1 aromatic carbocycles. The molecule has 4 nitrogen and oxygen atoms in total. The second kappa shape index (κ2) is 6.43. The molecule has 2 rings (SSSR count). The van der Waals surface area contributed by atoms with E-state index in [4.69, 9.17) is 0 Å². The third-order valence-corrected chi connectivity index (χ3v) is 3.68. The van der Waals surface area contributed by atoms with Crippen LogP contribution in [0.25, 0.3) is 11.3 Å². The van der Waals surface area contributed by atoms with E-state index in [1.165, 1.54) is 15.9 Å². The number of nitrogens with zero attached hydrogens (tertiary/aromatic N) is 2. The van der Waals surface area contributed by atoms with Crippen LogP contribution in [0.2, 0.25) is 0 Å². The van der Waals surface area contributed by atoms with Crippen molar-refractivity contribution in [3.8, 4) is 11.3 Å². The highest BCUT2D eigenvalue weighted by atomic mass is 32.1. The summed E-state index contributed by atoms with van der Waals surface area (Å²) in [6.07, 6.45) is 0.697. The first-order chi connectivity index (χ1) is 9.67. The second-order valence-electron chi connectivity index (χ2n) is 4.21. The van der Waals surface area contributed by atoms with E-state index in [0.29, 0.717) is 17.6 Å². The fourth-order valence-electron chi connectivity index (χ4n) is 1.78. The summed E-state index contributed by atoms with van der Waals surface area (Å²) in [5, 5.41) is 1.87. The number of amides is 1. The molecule has 0 radical (unpaired) electrons. The fourth-order valence-corrected chi connectivity index (χ4v) is 2.70. The highest BCUT2D eigenvalue weighted by Crippen LogP contribution is 2.19. The summed E-state index contributed by atoms with van der Waals surface area (Å²) in [5.74, 6) is -0.281. The van der Waals surface area contributed by atoms with Gasteiger partial charge in [-0.25, -0.2) is 0 Å². The molecule has 1 aromatic heterocycles. The number of aromatic nitrogens is 1. The van der Waals surface area contributed by atoms with Gasteiger partial charge in [-0.05, 0) is 5.56 Å². The Bertz CT molecular complexity index is 683. The van der Waals surface area contributed by atoms with Crippen molar-refractivity contribution < 1.29 is 9.59 Å². The van der Waals surface area contributed by atoms with Crippen molar-refractivity contribution in [2.45, 2.75) is 26.7 Å². The topological polar surface area (TPSA) is 51.4 Å². The molecule has 0 unspecified atom stereocenters. The number of benzene rings is 1. The summed E-state index contributed by atoms with van der Waals surface area (Å²) in [6.45, 7) is 3.55. The van der Waals surface area contributed by atoms with Gasteiger partial charge in [0.05, 0.1) is 5.69 Å². The Labute approximate surface area is 121 Å².